The highest BCUT2D eigenvalue weighted by Gasteiger charge is 2.41. The third-order valence-corrected chi connectivity index (χ3v) is 2.32. The maximum absolute atomic E-state index is 10.5. The van der Waals surface area contributed by atoms with Gasteiger partial charge in [-0.3, -0.25) is 4.79 Å². The number of carbonyl (C=O) groups is 1. The van der Waals surface area contributed by atoms with E-state index in [1.165, 1.54) is 0 Å². The standard InChI is InChI=1S/C8H14O3/c1-8(2)3-5(7(10)11)6(9)4-8/h5-6,9H,3-4H2,1-2H3,(H,10,11)/t5-,6-/m0/s1. The van der Waals surface area contributed by atoms with E-state index >= 15 is 0 Å². The van der Waals surface area contributed by atoms with Crippen molar-refractivity contribution in [1.82, 2.24) is 0 Å². The van der Waals surface area contributed by atoms with Gasteiger partial charge in [0, 0.05) is 0 Å². The van der Waals surface area contributed by atoms with Gasteiger partial charge in [-0.1, -0.05) is 13.8 Å². The van der Waals surface area contributed by atoms with Crippen molar-refractivity contribution in [1.29, 1.82) is 0 Å². The third-order valence-electron chi connectivity index (χ3n) is 2.32. The van der Waals surface area contributed by atoms with E-state index in [9.17, 15) is 9.90 Å². The smallest absolute Gasteiger partial charge is 0.309 e. The summed E-state index contributed by atoms with van der Waals surface area (Å²) in [7, 11) is 0. The molecule has 2 N–H and O–H groups in total. The van der Waals surface area contributed by atoms with Crippen LogP contribution in [0.15, 0.2) is 0 Å². The molecule has 1 rings (SSSR count). The van der Waals surface area contributed by atoms with Gasteiger partial charge in [-0.2, -0.15) is 0 Å². The van der Waals surface area contributed by atoms with Crippen LogP contribution in [0.25, 0.3) is 0 Å². The topological polar surface area (TPSA) is 57.5 Å². The number of carboxylic acids is 1. The predicted octanol–water partition coefficient (Wildman–Crippen LogP) is 0.868. The Hall–Kier alpha value is -0.570. The summed E-state index contributed by atoms with van der Waals surface area (Å²) in [4.78, 5) is 10.5. The van der Waals surface area contributed by atoms with Gasteiger partial charge in [-0.15, -0.1) is 0 Å². The van der Waals surface area contributed by atoms with Crippen molar-refractivity contribution in [2.75, 3.05) is 0 Å². The lowest BCUT2D eigenvalue weighted by atomic mass is 9.91. The Kier molecular flexibility index (Phi) is 1.92. The second kappa shape index (κ2) is 2.48. The van der Waals surface area contributed by atoms with Gasteiger partial charge in [0.2, 0.25) is 0 Å². The first-order valence-corrected chi connectivity index (χ1v) is 3.83. The summed E-state index contributed by atoms with van der Waals surface area (Å²) in [6, 6.07) is 0. The van der Waals surface area contributed by atoms with Crippen LogP contribution < -0.4 is 0 Å². The molecule has 0 amide bonds. The normalized spacial score (nSPS) is 35.5. The van der Waals surface area contributed by atoms with Gasteiger partial charge < -0.3 is 10.2 Å². The number of hydrogen-bond donors (Lipinski definition) is 2. The molecule has 0 spiro atoms. The zero-order valence-electron chi connectivity index (χ0n) is 6.87. The lowest BCUT2D eigenvalue weighted by Crippen LogP contribution is -2.21. The largest absolute Gasteiger partial charge is 0.481 e. The Morgan fingerprint density at radius 3 is 2.18 bits per heavy atom. The fourth-order valence-corrected chi connectivity index (χ4v) is 1.78. The Balaban J connectivity index is 2.66. The van der Waals surface area contributed by atoms with Gasteiger partial charge in [0.25, 0.3) is 0 Å². The van der Waals surface area contributed by atoms with Gasteiger partial charge >= 0.3 is 5.97 Å². The summed E-state index contributed by atoms with van der Waals surface area (Å²) < 4.78 is 0. The molecule has 0 heterocycles. The van der Waals surface area contributed by atoms with Gasteiger partial charge in [0.05, 0.1) is 12.0 Å². The van der Waals surface area contributed by atoms with Crippen molar-refractivity contribution in [2.24, 2.45) is 11.3 Å². The van der Waals surface area contributed by atoms with Crippen LogP contribution in [0, 0.1) is 11.3 Å². The highest BCUT2D eigenvalue weighted by Crippen LogP contribution is 2.40. The maximum atomic E-state index is 10.5. The van der Waals surface area contributed by atoms with Crippen molar-refractivity contribution in [3.05, 3.63) is 0 Å². The number of hydrogen-bond acceptors (Lipinski definition) is 2. The Bertz CT molecular complexity index is 174. The van der Waals surface area contributed by atoms with E-state index in [1.807, 2.05) is 13.8 Å². The Labute approximate surface area is 66.0 Å². The first kappa shape index (κ1) is 8.53. The molecule has 1 aliphatic carbocycles. The second-order valence-corrected chi connectivity index (χ2v) is 4.08. The minimum Gasteiger partial charge on any atom is -0.481 e. The van der Waals surface area contributed by atoms with Crippen LogP contribution in [0.4, 0.5) is 0 Å². The van der Waals surface area contributed by atoms with Crippen molar-refractivity contribution >= 4 is 5.97 Å². The van der Waals surface area contributed by atoms with Crippen LogP contribution in [0.2, 0.25) is 0 Å². The van der Waals surface area contributed by atoms with Crippen LogP contribution >= 0.6 is 0 Å². The molecule has 1 saturated carbocycles. The van der Waals surface area contributed by atoms with Crippen molar-refractivity contribution in [3.8, 4) is 0 Å². The highest BCUT2D eigenvalue weighted by molar-refractivity contribution is 5.71. The molecule has 0 aromatic heterocycles. The molecule has 3 nitrogen and oxygen atoms in total. The molecule has 64 valence electrons. The summed E-state index contributed by atoms with van der Waals surface area (Å²) in [6.45, 7) is 3.97. The molecular weight excluding hydrogens is 144 g/mol. The monoisotopic (exact) mass is 158 g/mol. The minimum atomic E-state index is -0.872. The minimum absolute atomic E-state index is 0.0114. The molecule has 0 aromatic carbocycles. The van der Waals surface area contributed by atoms with Crippen LogP contribution in [0.3, 0.4) is 0 Å². The fraction of sp³-hybridized carbons (Fsp3) is 0.875. The molecule has 0 bridgehead atoms. The Morgan fingerprint density at radius 2 is 2.00 bits per heavy atom. The molecule has 0 aliphatic heterocycles. The molecule has 11 heavy (non-hydrogen) atoms. The molecule has 1 aliphatic rings. The number of aliphatic hydroxyl groups is 1. The molecular formula is C8H14O3. The van der Waals surface area contributed by atoms with Gasteiger partial charge in [0.15, 0.2) is 0 Å². The van der Waals surface area contributed by atoms with E-state index < -0.39 is 18.0 Å². The van der Waals surface area contributed by atoms with E-state index in [0.717, 1.165) is 0 Å². The average molecular weight is 158 g/mol. The zero-order chi connectivity index (χ0) is 8.65. The zero-order valence-corrected chi connectivity index (χ0v) is 6.87. The summed E-state index contributed by atoms with van der Waals surface area (Å²) in [6.07, 6.45) is 0.537. The summed E-state index contributed by atoms with van der Waals surface area (Å²) in [5.41, 5.74) is -0.0114. The summed E-state index contributed by atoms with van der Waals surface area (Å²) >= 11 is 0. The van der Waals surface area contributed by atoms with Crippen LogP contribution in [-0.4, -0.2) is 22.3 Å². The predicted molar refractivity (Wildman–Crippen MR) is 40.1 cm³/mol. The molecule has 0 unspecified atom stereocenters. The van der Waals surface area contributed by atoms with E-state index in [-0.39, 0.29) is 5.41 Å². The van der Waals surface area contributed by atoms with Crippen molar-refractivity contribution < 1.29 is 15.0 Å². The summed E-state index contributed by atoms with van der Waals surface area (Å²) in [5, 5.41) is 18.0. The van der Waals surface area contributed by atoms with Crippen LogP contribution in [-0.2, 0) is 4.79 Å². The summed E-state index contributed by atoms with van der Waals surface area (Å²) in [5.74, 6) is -1.42. The SMILES string of the molecule is CC1(C)C[C@H](C(=O)O)[C@@H](O)C1. The molecule has 3 heteroatoms. The van der Waals surface area contributed by atoms with Crippen molar-refractivity contribution in [2.45, 2.75) is 32.8 Å². The lowest BCUT2D eigenvalue weighted by molar-refractivity contribution is -0.144. The fourth-order valence-electron chi connectivity index (χ4n) is 1.78. The van der Waals surface area contributed by atoms with Crippen LogP contribution in [0.5, 0.6) is 0 Å². The quantitative estimate of drug-likeness (QED) is 0.595. The van der Waals surface area contributed by atoms with E-state index in [1.54, 1.807) is 0 Å². The van der Waals surface area contributed by atoms with Crippen LogP contribution in [0.1, 0.15) is 26.7 Å². The average Bonchev–Trinajstić information content (AvgIpc) is 2.05. The molecule has 0 radical (unpaired) electrons. The molecule has 2 atom stereocenters. The first-order valence-electron chi connectivity index (χ1n) is 3.83. The van der Waals surface area contributed by atoms with Gasteiger partial charge in [-0.25, -0.2) is 0 Å². The molecule has 0 aromatic rings. The Morgan fingerprint density at radius 1 is 1.45 bits per heavy atom. The first-order chi connectivity index (χ1) is 4.92. The lowest BCUT2D eigenvalue weighted by Gasteiger charge is -2.14. The number of carboxylic acid groups (broad SMARTS) is 1. The maximum Gasteiger partial charge on any atom is 0.309 e. The number of rotatable bonds is 1. The van der Waals surface area contributed by atoms with E-state index in [2.05, 4.69) is 0 Å². The number of aliphatic carboxylic acids is 1. The second-order valence-electron chi connectivity index (χ2n) is 4.08. The molecule has 0 saturated heterocycles. The van der Waals surface area contributed by atoms with E-state index in [4.69, 9.17) is 5.11 Å². The van der Waals surface area contributed by atoms with Gasteiger partial charge in [-0.05, 0) is 18.3 Å². The third kappa shape index (κ3) is 1.71. The molecule has 1 fully saturated rings. The van der Waals surface area contributed by atoms with Gasteiger partial charge in [0.1, 0.15) is 0 Å². The van der Waals surface area contributed by atoms with Crippen molar-refractivity contribution in [3.63, 3.8) is 0 Å². The highest BCUT2D eigenvalue weighted by atomic mass is 16.4. The number of aliphatic hydroxyl groups excluding tert-OH is 1. The van der Waals surface area contributed by atoms with E-state index in [0.29, 0.717) is 12.8 Å².